The van der Waals surface area contributed by atoms with Gasteiger partial charge in [0.1, 0.15) is 5.75 Å². The molecule has 1 aliphatic rings. The van der Waals surface area contributed by atoms with E-state index in [9.17, 15) is 31.2 Å². The van der Waals surface area contributed by atoms with Gasteiger partial charge < -0.3 is 21.1 Å². The average Bonchev–Trinajstić information content (AvgIpc) is 2.87. The van der Waals surface area contributed by atoms with E-state index in [1.165, 1.54) is 37.3 Å². The van der Waals surface area contributed by atoms with Gasteiger partial charge in [-0.2, -0.15) is 0 Å². The molecule has 0 bridgehead atoms. The number of rotatable bonds is 10. The number of nitrogens with zero attached hydrogens (tertiary/aromatic N) is 1. The fraction of sp³-hybridized carbons (Fsp3) is 0.440. The average molecular weight is 591 g/mol. The van der Waals surface area contributed by atoms with Crippen LogP contribution in [-0.2, 0) is 27.7 Å². The van der Waals surface area contributed by atoms with Crippen LogP contribution in [0.15, 0.2) is 41.3 Å². The summed E-state index contributed by atoms with van der Waals surface area (Å²) in [6, 6.07) is 7.74. The van der Waals surface area contributed by atoms with Gasteiger partial charge in [0, 0.05) is 41.8 Å². The third-order valence-electron chi connectivity index (χ3n) is 6.18. The van der Waals surface area contributed by atoms with Crippen molar-refractivity contribution in [1.29, 1.82) is 0 Å². The van der Waals surface area contributed by atoms with Gasteiger partial charge in [-0.15, -0.1) is 13.2 Å². The van der Waals surface area contributed by atoms with Crippen molar-refractivity contribution < 1.29 is 35.9 Å². The minimum absolute atomic E-state index is 0.00799. The molecule has 0 aliphatic carbocycles. The molecule has 0 spiro atoms. The van der Waals surface area contributed by atoms with Gasteiger partial charge in [-0.1, -0.05) is 24.6 Å². The van der Waals surface area contributed by atoms with Crippen molar-refractivity contribution in [3.8, 4) is 5.75 Å². The summed E-state index contributed by atoms with van der Waals surface area (Å²) in [7, 11) is -3.61. The van der Waals surface area contributed by atoms with Crippen LogP contribution in [0.1, 0.15) is 41.3 Å². The maximum absolute atomic E-state index is 13.2. The van der Waals surface area contributed by atoms with Gasteiger partial charge in [0.2, 0.25) is 5.91 Å². The van der Waals surface area contributed by atoms with E-state index in [2.05, 4.69) is 15.4 Å². The van der Waals surface area contributed by atoms with Gasteiger partial charge in [-0.25, -0.2) is 8.42 Å². The summed E-state index contributed by atoms with van der Waals surface area (Å²) in [6.07, 6.45) is -3.54. The van der Waals surface area contributed by atoms with Gasteiger partial charge in [0.15, 0.2) is 9.84 Å². The number of carbonyl (C=O) groups is 2. The zero-order valence-electron chi connectivity index (χ0n) is 21.2. The Morgan fingerprint density at radius 2 is 1.92 bits per heavy atom. The van der Waals surface area contributed by atoms with Crippen molar-refractivity contribution in [2.24, 2.45) is 5.73 Å². The second kappa shape index (κ2) is 13.0. The first kappa shape index (κ1) is 30.7. The molecule has 14 heteroatoms. The maximum Gasteiger partial charge on any atom is 0.573 e. The van der Waals surface area contributed by atoms with Crippen molar-refractivity contribution >= 4 is 33.3 Å². The summed E-state index contributed by atoms with van der Waals surface area (Å²) >= 11 is 6.00. The SMILES string of the molecule is CCS(=O)(=O)c1ccc(Cl)cc1CNC(=O)c1ccc(CN2CCCC(NC(=O)CN)C2)c(OC(F)(F)F)c1. The summed E-state index contributed by atoms with van der Waals surface area (Å²) < 4.78 is 68.7. The first-order valence-corrected chi connectivity index (χ1v) is 14.2. The van der Waals surface area contributed by atoms with Crippen LogP contribution in [0.2, 0.25) is 5.02 Å². The molecule has 9 nitrogen and oxygen atoms in total. The molecule has 2 aromatic carbocycles. The van der Waals surface area contributed by atoms with Crippen LogP contribution in [0.3, 0.4) is 0 Å². The normalized spacial score (nSPS) is 16.5. The van der Waals surface area contributed by atoms with Gasteiger partial charge in [-0.3, -0.25) is 14.5 Å². The molecule has 1 saturated heterocycles. The van der Waals surface area contributed by atoms with Crippen LogP contribution < -0.4 is 21.1 Å². The maximum atomic E-state index is 13.2. The Morgan fingerprint density at radius 3 is 2.59 bits per heavy atom. The van der Waals surface area contributed by atoms with E-state index in [-0.39, 0.29) is 63.9 Å². The molecule has 1 fully saturated rings. The number of benzene rings is 2. The quantitative estimate of drug-likeness (QED) is 0.388. The number of amides is 2. The van der Waals surface area contributed by atoms with Crippen molar-refractivity contribution in [2.45, 2.75) is 50.2 Å². The Bertz CT molecular complexity index is 1310. The summed E-state index contributed by atoms with van der Waals surface area (Å²) in [5, 5.41) is 5.60. The van der Waals surface area contributed by atoms with E-state index in [0.29, 0.717) is 13.1 Å². The lowest BCUT2D eigenvalue weighted by molar-refractivity contribution is -0.275. The van der Waals surface area contributed by atoms with Crippen LogP contribution in [0.5, 0.6) is 5.75 Å². The Kier molecular flexibility index (Phi) is 10.2. The number of hydrogen-bond donors (Lipinski definition) is 3. The lowest BCUT2D eigenvalue weighted by atomic mass is 10.0. The molecule has 1 aliphatic heterocycles. The molecule has 1 unspecified atom stereocenters. The van der Waals surface area contributed by atoms with Crippen molar-refractivity contribution in [3.63, 3.8) is 0 Å². The fourth-order valence-electron chi connectivity index (χ4n) is 4.31. The highest BCUT2D eigenvalue weighted by atomic mass is 35.5. The molecule has 1 heterocycles. The number of piperidine rings is 1. The molecule has 1 atom stereocenters. The summed E-state index contributed by atoms with van der Waals surface area (Å²) in [5.41, 5.74) is 5.70. The topological polar surface area (TPSA) is 131 Å². The predicted molar refractivity (Wildman–Crippen MR) is 139 cm³/mol. The third-order valence-corrected chi connectivity index (χ3v) is 8.25. The monoisotopic (exact) mass is 590 g/mol. The number of nitrogens with two attached hydrogens (primary N) is 1. The minimum Gasteiger partial charge on any atom is -0.405 e. The molecular formula is C25H30ClF3N4O5S. The van der Waals surface area contributed by atoms with E-state index < -0.39 is 27.9 Å². The molecule has 3 rings (SSSR count). The van der Waals surface area contributed by atoms with E-state index in [0.717, 1.165) is 18.9 Å². The van der Waals surface area contributed by atoms with Crippen LogP contribution in [-0.4, -0.2) is 62.9 Å². The summed E-state index contributed by atoms with van der Waals surface area (Å²) in [6.45, 7) is 2.23. The van der Waals surface area contributed by atoms with Crippen LogP contribution in [0.4, 0.5) is 13.2 Å². The lowest BCUT2D eigenvalue weighted by Gasteiger charge is -2.33. The van der Waals surface area contributed by atoms with Crippen LogP contribution >= 0.6 is 11.6 Å². The van der Waals surface area contributed by atoms with Crippen molar-refractivity contribution in [1.82, 2.24) is 15.5 Å². The molecule has 0 aromatic heterocycles. The number of nitrogens with one attached hydrogen (secondary N) is 2. The highest BCUT2D eigenvalue weighted by Gasteiger charge is 2.33. The molecule has 39 heavy (non-hydrogen) atoms. The molecular weight excluding hydrogens is 561 g/mol. The summed E-state index contributed by atoms with van der Waals surface area (Å²) in [4.78, 5) is 26.4. The zero-order chi connectivity index (χ0) is 28.8. The first-order chi connectivity index (χ1) is 18.3. The van der Waals surface area contributed by atoms with E-state index in [4.69, 9.17) is 17.3 Å². The van der Waals surface area contributed by atoms with Crippen LogP contribution in [0.25, 0.3) is 0 Å². The number of halogens is 4. The van der Waals surface area contributed by atoms with Gasteiger partial charge in [0.05, 0.1) is 17.2 Å². The molecule has 0 radical (unpaired) electrons. The Hall–Kier alpha value is -2.87. The fourth-order valence-corrected chi connectivity index (χ4v) is 5.62. The Labute approximate surface area is 229 Å². The second-order valence-corrected chi connectivity index (χ2v) is 11.7. The molecule has 0 saturated carbocycles. The van der Waals surface area contributed by atoms with Gasteiger partial charge in [0.25, 0.3) is 5.91 Å². The predicted octanol–water partition coefficient (Wildman–Crippen LogP) is 3.00. The highest BCUT2D eigenvalue weighted by molar-refractivity contribution is 7.91. The number of carbonyl (C=O) groups excluding carboxylic acids is 2. The standard InChI is InChI=1S/C25H30ClF3N4O5S/c1-2-39(36,37)22-8-7-19(26)10-18(22)13-31-24(35)16-5-6-17(21(11-16)38-25(27,28)29)14-33-9-3-4-20(15-33)32-23(34)12-30/h5-8,10-11,20H,2-4,9,12-15,30H2,1H3,(H,31,35)(H,32,34). The molecule has 214 valence electrons. The Morgan fingerprint density at radius 1 is 1.18 bits per heavy atom. The van der Waals surface area contributed by atoms with E-state index >= 15 is 0 Å². The van der Waals surface area contributed by atoms with E-state index in [1.54, 1.807) is 0 Å². The first-order valence-electron chi connectivity index (χ1n) is 12.2. The van der Waals surface area contributed by atoms with Crippen LogP contribution in [0, 0.1) is 0 Å². The molecule has 4 N–H and O–H groups in total. The lowest BCUT2D eigenvalue weighted by Crippen LogP contribution is -2.48. The Balaban J connectivity index is 1.78. The number of hydrogen-bond acceptors (Lipinski definition) is 7. The second-order valence-electron chi connectivity index (χ2n) is 9.05. The van der Waals surface area contributed by atoms with Gasteiger partial charge in [-0.05, 0) is 55.3 Å². The van der Waals surface area contributed by atoms with E-state index in [1.807, 2.05) is 4.90 Å². The van der Waals surface area contributed by atoms with Crippen molar-refractivity contribution in [2.75, 3.05) is 25.4 Å². The third kappa shape index (κ3) is 8.82. The smallest absolute Gasteiger partial charge is 0.405 e. The number of ether oxygens (including phenoxy) is 1. The number of likely N-dealkylation sites (tertiary alicyclic amines) is 1. The van der Waals surface area contributed by atoms with Gasteiger partial charge >= 0.3 is 6.36 Å². The minimum atomic E-state index is -4.99. The zero-order valence-corrected chi connectivity index (χ0v) is 22.8. The van der Waals surface area contributed by atoms with Crippen molar-refractivity contribution in [3.05, 3.63) is 58.1 Å². The molecule has 2 aromatic rings. The highest BCUT2D eigenvalue weighted by Crippen LogP contribution is 2.30. The number of sulfone groups is 1. The molecule has 2 amide bonds. The summed E-state index contributed by atoms with van der Waals surface area (Å²) in [5.74, 6) is -1.72. The largest absolute Gasteiger partial charge is 0.573 e. The number of alkyl halides is 3.